The van der Waals surface area contributed by atoms with E-state index in [4.69, 9.17) is 4.74 Å². The molecule has 25 heavy (non-hydrogen) atoms. The zero-order valence-corrected chi connectivity index (χ0v) is 13.9. The van der Waals surface area contributed by atoms with Gasteiger partial charge in [0.15, 0.2) is 0 Å². The van der Waals surface area contributed by atoms with Gasteiger partial charge in [-0.3, -0.25) is 4.79 Å². The fourth-order valence-corrected chi connectivity index (χ4v) is 3.64. The van der Waals surface area contributed by atoms with Crippen LogP contribution >= 0.6 is 0 Å². The van der Waals surface area contributed by atoms with Crippen molar-refractivity contribution < 1.29 is 19.0 Å². The Labute approximate surface area is 143 Å². The molecule has 1 aliphatic heterocycles. The maximum Gasteiger partial charge on any atom is 0.341 e. The number of pyridine rings is 1. The highest BCUT2D eigenvalue weighted by Crippen LogP contribution is 2.40. The molecule has 1 aromatic carbocycles. The Balaban J connectivity index is 2.02. The Kier molecular flexibility index (Phi) is 3.76. The lowest BCUT2D eigenvalue weighted by Crippen LogP contribution is -2.37. The minimum atomic E-state index is -1.28. The van der Waals surface area contributed by atoms with Crippen molar-refractivity contribution in [2.75, 3.05) is 31.2 Å². The Hall–Kier alpha value is -2.41. The van der Waals surface area contributed by atoms with Crippen LogP contribution in [0.3, 0.4) is 0 Å². The van der Waals surface area contributed by atoms with Crippen LogP contribution in [0.1, 0.15) is 34.8 Å². The van der Waals surface area contributed by atoms with Gasteiger partial charge in [0.05, 0.1) is 24.4 Å². The molecule has 1 N–H and O–H groups in total. The number of aryl methyl sites for hydroxylation is 1. The first kappa shape index (κ1) is 16.1. The molecule has 4 rings (SSSR count). The molecule has 1 aromatic heterocycles. The standard InChI is InChI=1S/C18H19FN2O4/c1-10-15-12(8-14(19)16(10)20-4-6-25-7-5-20)17(22)13(18(23)24)9-21(15)11-2-3-11/h8-9,11H,2-7H2,1H3,(H,23,24). The molecule has 2 heterocycles. The molecule has 0 unspecified atom stereocenters. The van der Waals surface area contributed by atoms with Crippen LogP contribution in [0.25, 0.3) is 10.9 Å². The number of aromatic nitrogens is 1. The smallest absolute Gasteiger partial charge is 0.341 e. The van der Waals surface area contributed by atoms with Crippen LogP contribution in [0.2, 0.25) is 0 Å². The minimum Gasteiger partial charge on any atom is -0.477 e. The van der Waals surface area contributed by atoms with Crippen molar-refractivity contribution in [2.45, 2.75) is 25.8 Å². The Morgan fingerprint density at radius 1 is 1.32 bits per heavy atom. The molecule has 0 amide bonds. The summed E-state index contributed by atoms with van der Waals surface area (Å²) in [4.78, 5) is 25.9. The van der Waals surface area contributed by atoms with Crippen molar-refractivity contribution in [1.82, 2.24) is 4.57 Å². The predicted octanol–water partition coefficient (Wildman–Crippen LogP) is 2.32. The van der Waals surface area contributed by atoms with Gasteiger partial charge in [-0.05, 0) is 31.4 Å². The van der Waals surface area contributed by atoms with Gasteiger partial charge in [-0.25, -0.2) is 9.18 Å². The number of carboxylic acids is 1. The molecule has 0 spiro atoms. The summed E-state index contributed by atoms with van der Waals surface area (Å²) in [7, 11) is 0. The molecule has 0 bridgehead atoms. The second-order valence-corrected chi connectivity index (χ2v) is 6.64. The molecular weight excluding hydrogens is 327 g/mol. The number of anilines is 1. The van der Waals surface area contributed by atoms with Crippen molar-refractivity contribution in [2.24, 2.45) is 0 Å². The van der Waals surface area contributed by atoms with E-state index in [1.807, 2.05) is 9.47 Å². The quantitative estimate of drug-likeness (QED) is 0.923. The van der Waals surface area contributed by atoms with Crippen molar-refractivity contribution in [3.05, 3.63) is 39.4 Å². The second kappa shape index (κ2) is 5.84. The highest BCUT2D eigenvalue weighted by atomic mass is 19.1. The largest absolute Gasteiger partial charge is 0.477 e. The molecule has 6 nitrogen and oxygen atoms in total. The van der Waals surface area contributed by atoms with Crippen LogP contribution in [0, 0.1) is 12.7 Å². The summed E-state index contributed by atoms with van der Waals surface area (Å²) in [6.07, 6.45) is 3.28. The van der Waals surface area contributed by atoms with Crippen LogP contribution in [-0.2, 0) is 4.74 Å². The number of benzene rings is 1. The second-order valence-electron chi connectivity index (χ2n) is 6.64. The third-order valence-electron chi connectivity index (χ3n) is 4.98. The fraction of sp³-hybridized carbons (Fsp3) is 0.444. The minimum absolute atomic E-state index is 0.138. The van der Waals surface area contributed by atoms with E-state index in [1.165, 1.54) is 12.3 Å². The highest BCUT2D eigenvalue weighted by Gasteiger charge is 2.29. The van der Waals surface area contributed by atoms with E-state index in [-0.39, 0.29) is 17.0 Å². The number of nitrogens with zero attached hydrogens (tertiary/aromatic N) is 2. The first-order valence-corrected chi connectivity index (χ1v) is 8.43. The maximum absolute atomic E-state index is 14.8. The molecule has 0 radical (unpaired) electrons. The van der Waals surface area contributed by atoms with E-state index in [9.17, 15) is 19.1 Å². The van der Waals surface area contributed by atoms with Crippen LogP contribution in [0.4, 0.5) is 10.1 Å². The maximum atomic E-state index is 14.8. The number of hydrogen-bond acceptors (Lipinski definition) is 4. The lowest BCUT2D eigenvalue weighted by atomic mass is 10.0. The number of rotatable bonds is 3. The van der Waals surface area contributed by atoms with E-state index >= 15 is 0 Å². The summed E-state index contributed by atoms with van der Waals surface area (Å²) >= 11 is 0. The molecule has 2 aliphatic rings. The van der Waals surface area contributed by atoms with Crippen molar-refractivity contribution in [1.29, 1.82) is 0 Å². The van der Waals surface area contributed by atoms with Gasteiger partial charge in [0, 0.05) is 30.7 Å². The van der Waals surface area contributed by atoms with E-state index in [0.29, 0.717) is 43.1 Å². The average Bonchev–Trinajstić information content (AvgIpc) is 3.41. The fourth-order valence-electron chi connectivity index (χ4n) is 3.64. The van der Waals surface area contributed by atoms with Crippen LogP contribution in [-0.4, -0.2) is 41.9 Å². The predicted molar refractivity (Wildman–Crippen MR) is 91.2 cm³/mol. The number of carboxylic acid groups (broad SMARTS) is 1. The molecular formula is C18H19FN2O4. The average molecular weight is 346 g/mol. The summed E-state index contributed by atoms with van der Waals surface area (Å²) < 4.78 is 22.0. The van der Waals surface area contributed by atoms with Crippen LogP contribution in [0.5, 0.6) is 0 Å². The number of halogens is 1. The highest BCUT2D eigenvalue weighted by molar-refractivity contribution is 5.95. The van der Waals surface area contributed by atoms with Crippen molar-refractivity contribution in [3.63, 3.8) is 0 Å². The Morgan fingerprint density at radius 2 is 2.00 bits per heavy atom. The van der Waals surface area contributed by atoms with Gasteiger partial charge in [-0.15, -0.1) is 0 Å². The number of aromatic carboxylic acids is 1. The third-order valence-corrected chi connectivity index (χ3v) is 4.98. The summed E-state index contributed by atoms with van der Waals surface area (Å²) in [5, 5.41) is 9.46. The molecule has 2 aromatic rings. The van der Waals surface area contributed by atoms with Gasteiger partial charge in [0.1, 0.15) is 11.4 Å². The van der Waals surface area contributed by atoms with Crippen LogP contribution < -0.4 is 10.3 Å². The third kappa shape index (κ3) is 2.59. The number of hydrogen-bond donors (Lipinski definition) is 1. The summed E-state index contributed by atoms with van der Waals surface area (Å²) in [6.45, 7) is 4.04. The number of fused-ring (bicyclic) bond motifs is 1. The molecule has 1 aliphatic carbocycles. The van der Waals surface area contributed by atoms with Gasteiger partial charge in [-0.2, -0.15) is 0 Å². The van der Waals surface area contributed by atoms with Gasteiger partial charge in [0.2, 0.25) is 5.43 Å². The monoisotopic (exact) mass is 346 g/mol. The normalized spacial score (nSPS) is 17.9. The topological polar surface area (TPSA) is 71.8 Å². The van der Waals surface area contributed by atoms with Gasteiger partial charge in [-0.1, -0.05) is 0 Å². The molecule has 1 saturated carbocycles. The number of morpholine rings is 1. The van der Waals surface area contributed by atoms with E-state index in [2.05, 4.69) is 0 Å². The van der Waals surface area contributed by atoms with Gasteiger partial charge < -0.3 is 19.3 Å². The molecule has 1 saturated heterocycles. The lowest BCUT2D eigenvalue weighted by molar-refractivity contribution is 0.0695. The van der Waals surface area contributed by atoms with E-state index in [0.717, 1.165) is 12.8 Å². The molecule has 132 valence electrons. The van der Waals surface area contributed by atoms with Gasteiger partial charge in [0.25, 0.3) is 0 Å². The first-order chi connectivity index (χ1) is 12.0. The summed E-state index contributed by atoms with van der Waals surface area (Å²) in [5.74, 6) is -1.77. The SMILES string of the molecule is Cc1c(N2CCOCC2)c(F)cc2c(=O)c(C(=O)O)cn(C3CC3)c12. The van der Waals surface area contributed by atoms with Crippen LogP contribution in [0.15, 0.2) is 17.1 Å². The van der Waals surface area contributed by atoms with Gasteiger partial charge >= 0.3 is 5.97 Å². The zero-order valence-electron chi connectivity index (χ0n) is 13.9. The van der Waals surface area contributed by atoms with Crippen molar-refractivity contribution in [3.8, 4) is 0 Å². The summed E-state index contributed by atoms with van der Waals surface area (Å²) in [6, 6.07) is 1.36. The first-order valence-electron chi connectivity index (χ1n) is 8.43. The molecule has 7 heteroatoms. The zero-order chi connectivity index (χ0) is 17.7. The number of carbonyl (C=O) groups is 1. The van der Waals surface area contributed by atoms with E-state index < -0.39 is 17.2 Å². The summed E-state index contributed by atoms with van der Waals surface area (Å²) in [5.41, 5.74) is 0.859. The molecule has 2 fully saturated rings. The number of ether oxygens (including phenoxy) is 1. The lowest BCUT2D eigenvalue weighted by Gasteiger charge is -2.31. The Morgan fingerprint density at radius 3 is 2.60 bits per heavy atom. The molecule has 0 atom stereocenters. The van der Waals surface area contributed by atoms with Crippen molar-refractivity contribution >= 4 is 22.6 Å². The van der Waals surface area contributed by atoms with E-state index in [1.54, 1.807) is 6.92 Å². The Bertz CT molecular complexity index is 927.